The summed E-state index contributed by atoms with van der Waals surface area (Å²) in [6.45, 7) is 0. The van der Waals surface area contributed by atoms with Gasteiger partial charge in [0.25, 0.3) is 0 Å². The van der Waals surface area contributed by atoms with E-state index < -0.39 is 0 Å². The summed E-state index contributed by atoms with van der Waals surface area (Å²) in [6.07, 6.45) is 17.4. The molecule has 0 aliphatic heterocycles. The molecule has 0 atom stereocenters. The van der Waals surface area contributed by atoms with Crippen LogP contribution in [0.1, 0.15) is 1.43 Å². The Hall–Kier alpha value is -1.63. The summed E-state index contributed by atoms with van der Waals surface area (Å²) in [6, 6.07) is 0. The van der Waals surface area contributed by atoms with E-state index in [0.29, 0.717) is 0 Å². The Morgan fingerprint density at radius 1 is 0.545 bits per heavy atom. The molecule has 0 fully saturated rings. The van der Waals surface area contributed by atoms with Crippen LogP contribution in [0.4, 0.5) is 13.2 Å². The maximum absolute atomic E-state index is 11.9. The van der Waals surface area contributed by atoms with Crippen molar-refractivity contribution < 1.29 is 14.6 Å². The largest absolute Gasteiger partial charge is 0.211 e. The van der Waals surface area contributed by atoms with E-state index in [1.54, 1.807) is 0 Å². The minimum Gasteiger partial charge on any atom is -0.211 e. The molecule has 0 nitrogen and oxygen atoms in total. The van der Waals surface area contributed by atoms with Crippen molar-refractivity contribution in [1.29, 1.82) is 0 Å². The molecule has 0 saturated heterocycles. The summed E-state index contributed by atoms with van der Waals surface area (Å²) in [5.74, 6) is -0.628. The van der Waals surface area contributed by atoms with Gasteiger partial charge < -0.3 is 0 Å². The molecule has 4 heteroatoms. The van der Waals surface area contributed by atoms with Gasteiger partial charge in [-0.25, -0.2) is 13.2 Å². The van der Waals surface area contributed by atoms with Crippen molar-refractivity contribution in [2.24, 2.45) is 0 Å². The summed E-state index contributed by atoms with van der Waals surface area (Å²) in [5.41, 5.74) is 8.08. The second kappa shape index (κ2) is 13.1. The van der Waals surface area contributed by atoms with Crippen molar-refractivity contribution >= 4 is 23.9 Å². The van der Waals surface area contributed by atoms with E-state index in [1.165, 1.54) is 73.9 Å². The Labute approximate surface area is 147 Å². The fourth-order valence-electron chi connectivity index (χ4n) is 1.10. The first-order chi connectivity index (χ1) is 10.2. The van der Waals surface area contributed by atoms with Gasteiger partial charge >= 0.3 is 0 Å². The molecule has 0 bridgehead atoms. The van der Waals surface area contributed by atoms with Gasteiger partial charge in [0, 0.05) is 44.6 Å². The minimum atomic E-state index is -0.209. The molecule has 0 aromatic heterocycles. The first-order valence-corrected chi connectivity index (χ1v) is 6.03. The fourth-order valence-corrected chi connectivity index (χ4v) is 1.10. The molecule has 0 heterocycles. The van der Waals surface area contributed by atoms with Gasteiger partial charge in [-0.15, -0.1) is 17.2 Å². The van der Waals surface area contributed by atoms with Crippen LogP contribution in [0.25, 0.3) is 0 Å². The van der Waals surface area contributed by atoms with E-state index in [0.717, 1.165) is 0 Å². The van der Waals surface area contributed by atoms with Crippen LogP contribution in [0.15, 0.2) is 89.4 Å². The third-order valence-corrected chi connectivity index (χ3v) is 2.03. The topological polar surface area (TPSA) is 0 Å². The molecule has 0 aromatic rings. The van der Waals surface area contributed by atoms with Gasteiger partial charge in [-0.1, -0.05) is 0 Å². The zero-order chi connectivity index (χ0) is 15.3. The molecule has 0 N–H and O–H groups in total. The first kappa shape index (κ1) is 20.4. The Morgan fingerprint density at radius 3 is 0.909 bits per heavy atom. The third kappa shape index (κ3) is 11.1. The van der Waals surface area contributed by atoms with Crippen LogP contribution in [0.2, 0.25) is 0 Å². The van der Waals surface area contributed by atoms with Gasteiger partial charge in [0.05, 0.1) is 0 Å². The predicted molar refractivity (Wildman–Crippen MR) is 86.3 cm³/mol. The normalized spacial score (nSPS) is 16.2. The van der Waals surface area contributed by atoms with E-state index in [9.17, 15) is 13.2 Å². The van der Waals surface area contributed by atoms with Gasteiger partial charge in [-0.2, -0.15) is 0 Å². The predicted octanol–water partition coefficient (Wildman–Crippen LogP) is 5.17. The molecular formula is C18H14F3Sn. The Kier molecular flexibility index (Phi) is 12.1. The molecule has 3 aliphatic rings. The van der Waals surface area contributed by atoms with E-state index in [-0.39, 0.29) is 42.8 Å². The summed E-state index contributed by atoms with van der Waals surface area (Å²) in [4.78, 5) is 0. The maximum Gasteiger partial charge on any atom is 0.109 e. The molecule has 0 saturated carbocycles. The third-order valence-electron chi connectivity index (χ3n) is 2.03. The van der Waals surface area contributed by atoms with Gasteiger partial charge in [-0.05, 0) is 54.7 Å². The fraction of sp³-hybridized carbons (Fsp3) is 0. The van der Waals surface area contributed by atoms with Crippen LogP contribution < -0.4 is 0 Å². The number of rotatable bonds is 0. The zero-order valence-corrected chi connectivity index (χ0v) is 14.4. The van der Waals surface area contributed by atoms with Gasteiger partial charge in [-0.3, -0.25) is 0 Å². The van der Waals surface area contributed by atoms with Gasteiger partial charge in [0.2, 0.25) is 0 Å². The molecule has 22 heavy (non-hydrogen) atoms. The van der Waals surface area contributed by atoms with Crippen LogP contribution >= 0.6 is 0 Å². The number of hydrogen-bond donors (Lipinski definition) is 0. The van der Waals surface area contributed by atoms with Crippen molar-refractivity contribution in [3.63, 3.8) is 0 Å². The van der Waals surface area contributed by atoms with E-state index in [4.69, 9.17) is 0 Å². The van der Waals surface area contributed by atoms with Crippen molar-refractivity contribution in [1.82, 2.24) is 0 Å². The summed E-state index contributed by atoms with van der Waals surface area (Å²) in [7, 11) is 0. The second-order valence-corrected chi connectivity index (χ2v) is 3.65. The minimum absolute atomic E-state index is 0. The molecule has 0 spiro atoms. The van der Waals surface area contributed by atoms with E-state index in [2.05, 4.69) is 17.2 Å². The SMILES string of the molecule is FC1=CC=C=C[CH]1.FC1=CC=C=C[CH]1.FC1=CC=C=C[CH]1.[HH].[Sn]. The molecule has 0 amide bonds. The average Bonchev–Trinajstić information content (AvgIpc) is 2.51. The van der Waals surface area contributed by atoms with Crippen molar-refractivity contribution in [2.75, 3.05) is 0 Å². The number of allylic oxidation sites excluding steroid dienone is 9. The molecule has 0 aromatic carbocycles. The van der Waals surface area contributed by atoms with Crippen LogP contribution in [-0.2, 0) is 0 Å². The van der Waals surface area contributed by atoms with Crippen molar-refractivity contribution in [2.45, 2.75) is 0 Å². The van der Waals surface area contributed by atoms with Crippen molar-refractivity contribution in [3.05, 3.63) is 109 Å². The Morgan fingerprint density at radius 2 is 0.818 bits per heavy atom. The number of hydrogen-bond acceptors (Lipinski definition) is 0. The van der Waals surface area contributed by atoms with Crippen molar-refractivity contribution in [3.8, 4) is 0 Å². The van der Waals surface area contributed by atoms with Gasteiger partial charge in [0.1, 0.15) is 17.5 Å². The molecule has 3 aliphatic carbocycles. The maximum atomic E-state index is 11.9. The molecular weight excluding hydrogens is 392 g/mol. The van der Waals surface area contributed by atoms with Crippen LogP contribution in [-0.4, -0.2) is 23.9 Å². The summed E-state index contributed by atoms with van der Waals surface area (Å²) >= 11 is 0. The van der Waals surface area contributed by atoms with Crippen LogP contribution in [0, 0.1) is 19.3 Å². The van der Waals surface area contributed by atoms with Gasteiger partial charge in [0.15, 0.2) is 0 Å². The number of halogens is 3. The Balaban J connectivity index is 0. The first-order valence-electron chi connectivity index (χ1n) is 6.03. The van der Waals surface area contributed by atoms with E-state index >= 15 is 0 Å². The summed E-state index contributed by atoms with van der Waals surface area (Å²) in [5, 5.41) is 0. The van der Waals surface area contributed by atoms with Crippen LogP contribution in [0.3, 0.4) is 0 Å². The molecule has 3 rings (SSSR count). The molecule has 0 unspecified atom stereocenters. The second-order valence-electron chi connectivity index (χ2n) is 3.65. The standard InChI is InChI=1S/3C6H4F.Sn.H2/c3*7-6-4-2-1-3-5-6;;/h3*2-5H;;1H. The summed E-state index contributed by atoms with van der Waals surface area (Å²) < 4.78 is 35.7. The smallest absolute Gasteiger partial charge is 0.109 e. The zero-order valence-electron chi connectivity index (χ0n) is 11.6. The quantitative estimate of drug-likeness (QED) is 0.385. The van der Waals surface area contributed by atoms with E-state index in [1.807, 2.05) is 0 Å². The monoisotopic (exact) mass is 407 g/mol. The Bertz CT molecular complexity index is 545. The molecule has 7 radical (unpaired) electrons. The average molecular weight is 406 g/mol. The van der Waals surface area contributed by atoms with Crippen LogP contribution in [0.5, 0.6) is 0 Å². The molecule has 111 valence electrons.